The summed E-state index contributed by atoms with van der Waals surface area (Å²) in [6.07, 6.45) is 3.25. The van der Waals surface area contributed by atoms with E-state index in [0.29, 0.717) is 6.54 Å². The van der Waals surface area contributed by atoms with E-state index in [9.17, 15) is 5.11 Å². The van der Waals surface area contributed by atoms with E-state index >= 15 is 0 Å². The van der Waals surface area contributed by atoms with Gasteiger partial charge in [0.25, 0.3) is 0 Å². The van der Waals surface area contributed by atoms with Gasteiger partial charge >= 0.3 is 0 Å². The van der Waals surface area contributed by atoms with Crippen LogP contribution in [0, 0.1) is 0 Å². The van der Waals surface area contributed by atoms with Crippen LogP contribution >= 0.6 is 24.0 Å². The monoisotopic (exact) mass is 497 g/mol. The highest BCUT2D eigenvalue weighted by Gasteiger charge is 2.02. The molecule has 0 saturated heterocycles. The van der Waals surface area contributed by atoms with Gasteiger partial charge in [0.2, 0.25) is 0 Å². The van der Waals surface area contributed by atoms with Gasteiger partial charge in [0.1, 0.15) is 5.75 Å². The molecule has 154 valence electrons. The number of aryl methyl sites for hydroxylation is 1. The van der Waals surface area contributed by atoms with Gasteiger partial charge in [-0.3, -0.25) is 0 Å². The third-order valence-electron chi connectivity index (χ3n) is 4.38. The molecule has 3 N–H and O–H groups in total. The zero-order valence-corrected chi connectivity index (χ0v) is 19.1. The molecule has 28 heavy (non-hydrogen) atoms. The van der Waals surface area contributed by atoms with Crippen LogP contribution in [-0.2, 0) is 19.6 Å². The summed E-state index contributed by atoms with van der Waals surface area (Å²) in [6.45, 7) is 4.35. The Hall–Kier alpha value is -1.80. The number of ether oxygens (including phenoxy) is 1. The average Bonchev–Trinajstić information content (AvgIpc) is 2.72. The molecule has 0 unspecified atom stereocenters. The number of benzene rings is 2. The number of aliphatic imine (C=N–C) groups is 1. The zero-order chi connectivity index (χ0) is 19.3. The third kappa shape index (κ3) is 8.48. The molecular weight excluding hydrogens is 465 g/mol. The van der Waals surface area contributed by atoms with Crippen molar-refractivity contribution in [2.24, 2.45) is 4.99 Å². The lowest BCUT2D eigenvalue weighted by molar-refractivity contribution is 0.280. The van der Waals surface area contributed by atoms with E-state index in [4.69, 9.17) is 4.74 Å². The smallest absolute Gasteiger partial charge is 0.191 e. The zero-order valence-electron chi connectivity index (χ0n) is 16.8. The Morgan fingerprint density at radius 1 is 1.00 bits per heavy atom. The molecule has 5 nitrogen and oxygen atoms in total. The molecule has 0 saturated carbocycles. The number of guanidine groups is 1. The van der Waals surface area contributed by atoms with E-state index in [2.05, 4.69) is 34.7 Å². The Morgan fingerprint density at radius 2 is 1.71 bits per heavy atom. The maximum atomic E-state index is 9.42. The Morgan fingerprint density at radius 3 is 2.36 bits per heavy atom. The van der Waals surface area contributed by atoms with Crippen LogP contribution in [0.3, 0.4) is 0 Å². The van der Waals surface area contributed by atoms with Crippen LogP contribution in [0.25, 0.3) is 0 Å². The van der Waals surface area contributed by atoms with E-state index in [0.717, 1.165) is 55.2 Å². The summed E-state index contributed by atoms with van der Waals surface area (Å²) in [4.78, 5) is 4.64. The summed E-state index contributed by atoms with van der Waals surface area (Å²) in [7, 11) is 1.69. The molecule has 0 radical (unpaired) electrons. The van der Waals surface area contributed by atoms with Gasteiger partial charge in [-0.25, -0.2) is 4.99 Å². The minimum absolute atomic E-state index is 0. The van der Waals surface area contributed by atoms with Crippen LogP contribution in [0.15, 0.2) is 53.5 Å². The lowest BCUT2D eigenvalue weighted by Crippen LogP contribution is -2.37. The van der Waals surface area contributed by atoms with Crippen LogP contribution in [-0.4, -0.2) is 31.3 Å². The predicted octanol–water partition coefficient (Wildman–Crippen LogP) is 3.88. The third-order valence-corrected chi connectivity index (χ3v) is 4.38. The molecule has 0 fully saturated rings. The molecule has 0 aliphatic carbocycles. The largest absolute Gasteiger partial charge is 0.497 e. The van der Waals surface area contributed by atoms with Crippen molar-refractivity contribution >= 4 is 29.9 Å². The predicted molar refractivity (Wildman–Crippen MR) is 127 cm³/mol. The van der Waals surface area contributed by atoms with Crippen LogP contribution in [0.2, 0.25) is 0 Å². The van der Waals surface area contributed by atoms with Crippen LogP contribution < -0.4 is 15.4 Å². The summed E-state index contributed by atoms with van der Waals surface area (Å²) in [6, 6.07) is 16.1. The summed E-state index contributed by atoms with van der Waals surface area (Å²) < 4.78 is 5.19. The topological polar surface area (TPSA) is 65.9 Å². The second-order valence-corrected chi connectivity index (χ2v) is 6.35. The number of methoxy groups -OCH3 is 1. The van der Waals surface area contributed by atoms with Crippen molar-refractivity contribution in [1.29, 1.82) is 0 Å². The number of nitrogens with one attached hydrogen (secondary N) is 2. The molecule has 2 aromatic carbocycles. The second kappa shape index (κ2) is 14.2. The van der Waals surface area contributed by atoms with Crippen molar-refractivity contribution in [3.63, 3.8) is 0 Å². The van der Waals surface area contributed by atoms with Gasteiger partial charge in [0, 0.05) is 13.1 Å². The highest BCUT2D eigenvalue weighted by atomic mass is 127. The van der Waals surface area contributed by atoms with Crippen molar-refractivity contribution in [3.05, 3.63) is 65.2 Å². The maximum absolute atomic E-state index is 9.42. The molecule has 2 aromatic rings. The Bertz CT molecular complexity index is 705. The number of aliphatic hydroxyl groups is 1. The van der Waals surface area contributed by atoms with E-state index < -0.39 is 0 Å². The molecule has 0 aliphatic heterocycles. The molecule has 6 heteroatoms. The van der Waals surface area contributed by atoms with Gasteiger partial charge in [-0.2, -0.15) is 0 Å². The van der Waals surface area contributed by atoms with Crippen molar-refractivity contribution in [3.8, 4) is 5.75 Å². The Kier molecular flexibility index (Phi) is 12.3. The van der Waals surface area contributed by atoms with Crippen molar-refractivity contribution in [2.75, 3.05) is 20.2 Å². The highest BCUT2D eigenvalue weighted by molar-refractivity contribution is 14.0. The van der Waals surface area contributed by atoms with E-state index in [-0.39, 0.29) is 30.6 Å². The first-order valence-corrected chi connectivity index (χ1v) is 9.59. The lowest BCUT2D eigenvalue weighted by atomic mass is 10.1. The fourth-order valence-electron chi connectivity index (χ4n) is 2.83. The number of nitrogens with zero attached hydrogens (tertiary/aromatic N) is 1. The standard InChI is InChI=1S/C22H31N3O2.HI/c1-3-23-22(25-16-19-9-4-5-10-20(19)17-26)24-15-7-6-8-18-11-13-21(27-2)14-12-18;/h4-5,9-14,26H,3,6-8,15-17H2,1-2H3,(H2,23,24,25);1H. The summed E-state index contributed by atoms with van der Waals surface area (Å²) in [5.74, 6) is 1.71. The van der Waals surface area contributed by atoms with E-state index in [1.54, 1.807) is 7.11 Å². The normalized spacial score (nSPS) is 10.9. The molecular formula is C22H32IN3O2. The fraction of sp³-hybridized carbons (Fsp3) is 0.409. The average molecular weight is 497 g/mol. The minimum Gasteiger partial charge on any atom is -0.497 e. The van der Waals surface area contributed by atoms with Gasteiger partial charge in [-0.1, -0.05) is 36.4 Å². The van der Waals surface area contributed by atoms with E-state index in [1.807, 2.05) is 36.4 Å². The van der Waals surface area contributed by atoms with Gasteiger partial charge in [0.15, 0.2) is 5.96 Å². The van der Waals surface area contributed by atoms with Gasteiger partial charge in [-0.15, -0.1) is 24.0 Å². The van der Waals surface area contributed by atoms with Crippen LogP contribution in [0.5, 0.6) is 5.75 Å². The lowest BCUT2D eigenvalue weighted by Gasteiger charge is -2.12. The number of hydrogen-bond acceptors (Lipinski definition) is 3. The van der Waals surface area contributed by atoms with Crippen LogP contribution in [0.1, 0.15) is 36.5 Å². The van der Waals surface area contributed by atoms with Gasteiger partial charge in [0.05, 0.1) is 20.3 Å². The molecule has 0 heterocycles. The first-order valence-electron chi connectivity index (χ1n) is 9.59. The van der Waals surface area contributed by atoms with Crippen LogP contribution in [0.4, 0.5) is 0 Å². The summed E-state index contributed by atoms with van der Waals surface area (Å²) in [5, 5.41) is 16.1. The number of rotatable bonds is 10. The molecule has 0 atom stereocenters. The van der Waals surface area contributed by atoms with Gasteiger partial charge in [-0.05, 0) is 55.0 Å². The molecule has 0 spiro atoms. The fourth-order valence-corrected chi connectivity index (χ4v) is 2.83. The van der Waals surface area contributed by atoms with Crippen molar-refractivity contribution in [1.82, 2.24) is 10.6 Å². The number of unbranched alkanes of at least 4 members (excludes halogenated alkanes) is 1. The minimum atomic E-state index is 0. The highest BCUT2D eigenvalue weighted by Crippen LogP contribution is 2.13. The summed E-state index contributed by atoms with van der Waals surface area (Å²) in [5.41, 5.74) is 3.31. The number of aliphatic hydroxyl groups excluding tert-OH is 1. The SMILES string of the molecule is CCNC(=NCc1ccccc1CO)NCCCCc1ccc(OC)cc1.I. The van der Waals surface area contributed by atoms with Crippen molar-refractivity contribution < 1.29 is 9.84 Å². The van der Waals surface area contributed by atoms with E-state index in [1.165, 1.54) is 5.56 Å². The Labute approximate surface area is 185 Å². The summed E-state index contributed by atoms with van der Waals surface area (Å²) >= 11 is 0. The number of halogens is 1. The second-order valence-electron chi connectivity index (χ2n) is 6.35. The number of hydrogen-bond donors (Lipinski definition) is 3. The Balaban J connectivity index is 0.00000392. The first kappa shape index (κ1) is 24.2. The van der Waals surface area contributed by atoms with Gasteiger partial charge < -0.3 is 20.5 Å². The van der Waals surface area contributed by atoms with Crippen molar-refractivity contribution in [2.45, 2.75) is 39.3 Å². The molecule has 0 aliphatic rings. The molecule has 0 amide bonds. The molecule has 0 bridgehead atoms. The quantitative estimate of drug-likeness (QED) is 0.202. The maximum Gasteiger partial charge on any atom is 0.191 e. The first-order chi connectivity index (χ1) is 13.3. The molecule has 2 rings (SSSR count). The molecule has 0 aromatic heterocycles.